The first kappa shape index (κ1) is 43.8. The molecule has 2 heterocycles. The molecule has 0 spiro atoms. The number of carbonyl (C=O) groups excluding carboxylic acids is 3. The number of carboxylic acid groups (broad SMARTS) is 2. The van der Waals surface area contributed by atoms with Crippen molar-refractivity contribution in [1.29, 1.82) is 0 Å². The van der Waals surface area contributed by atoms with E-state index in [1.54, 1.807) is 0 Å². The number of hydrogen-bond acceptors (Lipinski definition) is 12. The van der Waals surface area contributed by atoms with Gasteiger partial charge in [0.05, 0.1) is 7.11 Å². The molecule has 2 unspecified atom stereocenters. The maximum Gasteiger partial charge on any atom is 0.344 e. The molecule has 14 nitrogen and oxygen atoms in total. The third-order valence-electron chi connectivity index (χ3n) is 10.2. The summed E-state index contributed by atoms with van der Waals surface area (Å²) in [6.07, 6.45) is 3.61. The monoisotopic (exact) mass is 780 g/mol. The fraction of sp³-hybridized carbons (Fsp3) is 0.500. The number of hydrogen-bond donors (Lipinski definition) is 4. The number of allylic oxidation sites excluding steroid dienone is 2. The quantitative estimate of drug-likeness (QED) is 0.0739. The highest BCUT2D eigenvalue weighted by atomic mass is 16.8. The van der Waals surface area contributed by atoms with Crippen molar-refractivity contribution in [3.8, 4) is 0 Å². The molecule has 2 bridgehead atoms. The van der Waals surface area contributed by atoms with Crippen LogP contribution in [0.25, 0.3) is 12.2 Å². The normalized spacial score (nSPS) is 26.8. The second-order valence-corrected chi connectivity index (χ2v) is 14.2. The van der Waals surface area contributed by atoms with Crippen molar-refractivity contribution in [2.24, 2.45) is 5.92 Å². The Bertz CT molecular complexity index is 1710. The van der Waals surface area contributed by atoms with Crippen LogP contribution < -0.4 is 0 Å². The number of aliphatic carboxylic acids is 2. The van der Waals surface area contributed by atoms with E-state index in [1.807, 2.05) is 85.8 Å². The third kappa shape index (κ3) is 9.91. The van der Waals surface area contributed by atoms with E-state index in [4.69, 9.17) is 23.7 Å². The SMILES string of the molecule is COC(=O)[C@@H]1O[C@]2(CCCC(OC(C)=O)C(C)C/C=C/c3ccccc3)O[C@@](C(=O)O)([C@@H](OC(=O)CCCCCC/C=C/c3ccccc3)[C@@H]2O)[C@@]1(O)C(=O)O. The van der Waals surface area contributed by atoms with E-state index in [-0.39, 0.29) is 25.2 Å². The molecule has 2 saturated heterocycles. The number of unbranched alkanes of at least 4 members (excludes halogenated alkanes) is 4. The number of fused-ring (bicyclic) bond motifs is 2. The number of carbonyl (C=O) groups is 5. The minimum atomic E-state index is -3.73. The zero-order valence-corrected chi connectivity index (χ0v) is 31.9. The lowest BCUT2D eigenvalue weighted by atomic mass is 9.74. The molecule has 4 N–H and O–H groups in total. The molecule has 56 heavy (non-hydrogen) atoms. The van der Waals surface area contributed by atoms with Crippen LogP contribution in [-0.2, 0) is 47.7 Å². The molecular formula is C42H52O14. The molecule has 2 fully saturated rings. The van der Waals surface area contributed by atoms with Crippen molar-refractivity contribution in [3.63, 3.8) is 0 Å². The standard InChI is InChI=1S/C42H52O14/c1-28(18-16-24-31-22-13-9-14-23-31)32(53-29(2)43)25-17-27-40-34(45)35(42(56-40,39(49)50)41(51,38(47)48)36(55-40)37(46)52-3)54-33(44)26-15-7-5-4-6-10-19-30-20-11-8-12-21-30/h8-14,16,19-24,28,32,34-36,45,51H,4-7,15,17-18,25-27H2,1-3H3,(H,47,48)(H,49,50)/b19-10+,24-16+/t28?,32?,34-,35-,36-,40+,41-,42+/m0/s1. The van der Waals surface area contributed by atoms with Gasteiger partial charge in [0.15, 0.2) is 6.10 Å². The maximum absolute atomic E-state index is 13.2. The summed E-state index contributed by atoms with van der Waals surface area (Å²) in [5.74, 6) is -10.1. The van der Waals surface area contributed by atoms with Gasteiger partial charge in [-0.05, 0) is 55.6 Å². The fourth-order valence-corrected chi connectivity index (χ4v) is 7.27. The molecular weight excluding hydrogens is 728 g/mol. The molecule has 14 heteroatoms. The van der Waals surface area contributed by atoms with Crippen LogP contribution >= 0.6 is 0 Å². The van der Waals surface area contributed by atoms with Gasteiger partial charge in [-0.25, -0.2) is 14.4 Å². The molecule has 2 aliphatic heterocycles. The molecule has 0 aromatic heterocycles. The van der Waals surface area contributed by atoms with Crippen LogP contribution in [0.3, 0.4) is 0 Å². The van der Waals surface area contributed by atoms with Gasteiger partial charge in [-0.15, -0.1) is 0 Å². The van der Waals surface area contributed by atoms with E-state index < -0.39 is 77.7 Å². The number of methoxy groups -OCH3 is 1. The van der Waals surface area contributed by atoms with E-state index in [2.05, 4.69) is 6.08 Å². The Morgan fingerprint density at radius 2 is 1.46 bits per heavy atom. The van der Waals surface area contributed by atoms with Crippen LogP contribution in [0, 0.1) is 5.92 Å². The average molecular weight is 781 g/mol. The number of benzene rings is 2. The van der Waals surface area contributed by atoms with E-state index in [0.717, 1.165) is 37.5 Å². The summed E-state index contributed by atoms with van der Waals surface area (Å²) in [6, 6.07) is 19.4. The van der Waals surface area contributed by atoms with Crippen LogP contribution in [0.15, 0.2) is 72.8 Å². The second kappa shape index (κ2) is 19.8. The predicted octanol–water partition coefficient (Wildman–Crippen LogP) is 5.09. The summed E-state index contributed by atoms with van der Waals surface area (Å²) in [5.41, 5.74) is -5.09. The van der Waals surface area contributed by atoms with Gasteiger partial charge in [-0.1, -0.05) is 105 Å². The summed E-state index contributed by atoms with van der Waals surface area (Å²) in [5, 5.41) is 44.3. The lowest BCUT2D eigenvalue weighted by Gasteiger charge is -2.49. The van der Waals surface area contributed by atoms with Crippen LogP contribution in [0.4, 0.5) is 0 Å². The Balaban J connectivity index is 1.49. The van der Waals surface area contributed by atoms with Gasteiger partial charge in [-0.2, -0.15) is 0 Å². The minimum Gasteiger partial charge on any atom is -0.479 e. The van der Waals surface area contributed by atoms with Gasteiger partial charge < -0.3 is 44.1 Å². The number of aliphatic hydroxyl groups excluding tert-OH is 1. The zero-order valence-electron chi connectivity index (χ0n) is 31.9. The van der Waals surface area contributed by atoms with Crippen molar-refractivity contribution in [3.05, 3.63) is 83.9 Å². The summed E-state index contributed by atoms with van der Waals surface area (Å²) in [4.78, 5) is 64.1. The first-order chi connectivity index (χ1) is 26.7. The minimum absolute atomic E-state index is 0.0119. The highest BCUT2D eigenvalue weighted by Crippen LogP contribution is 2.56. The Hall–Kier alpha value is -4.89. The zero-order chi connectivity index (χ0) is 40.9. The Labute approximate surface area is 326 Å². The molecule has 0 aliphatic carbocycles. The summed E-state index contributed by atoms with van der Waals surface area (Å²) in [6.45, 7) is 3.12. The fourth-order valence-electron chi connectivity index (χ4n) is 7.27. The van der Waals surface area contributed by atoms with Crippen molar-refractivity contribution in [2.45, 2.75) is 119 Å². The van der Waals surface area contributed by atoms with Crippen LogP contribution in [0.1, 0.15) is 89.2 Å². The molecule has 0 amide bonds. The Kier molecular flexibility index (Phi) is 15.5. The largest absolute Gasteiger partial charge is 0.479 e. The van der Waals surface area contributed by atoms with E-state index in [0.29, 0.717) is 19.3 Å². The van der Waals surface area contributed by atoms with Gasteiger partial charge >= 0.3 is 29.8 Å². The first-order valence-corrected chi connectivity index (χ1v) is 18.8. The molecule has 2 aromatic carbocycles. The van der Waals surface area contributed by atoms with Crippen LogP contribution in [-0.4, -0.2) is 98.8 Å². The number of esters is 3. The first-order valence-electron chi connectivity index (χ1n) is 18.8. The number of carboxylic acids is 2. The number of aliphatic hydroxyl groups is 2. The van der Waals surface area contributed by atoms with Crippen molar-refractivity contribution >= 4 is 42.0 Å². The van der Waals surface area contributed by atoms with Gasteiger partial charge in [0.25, 0.3) is 0 Å². The van der Waals surface area contributed by atoms with Crippen LogP contribution in [0.5, 0.6) is 0 Å². The van der Waals surface area contributed by atoms with Crippen molar-refractivity contribution < 1.29 is 68.1 Å². The summed E-state index contributed by atoms with van der Waals surface area (Å²) in [7, 11) is 0.871. The number of ether oxygens (including phenoxy) is 5. The van der Waals surface area contributed by atoms with Crippen molar-refractivity contribution in [2.75, 3.05) is 7.11 Å². The molecule has 8 atom stereocenters. The molecule has 0 radical (unpaired) electrons. The highest BCUT2D eigenvalue weighted by Gasteiger charge is 2.86. The topological polar surface area (TPSA) is 212 Å². The molecule has 0 saturated carbocycles. The lowest BCUT2D eigenvalue weighted by molar-refractivity contribution is -0.374. The van der Waals surface area contributed by atoms with Crippen molar-refractivity contribution in [1.82, 2.24) is 0 Å². The van der Waals surface area contributed by atoms with Gasteiger partial charge in [-0.3, -0.25) is 9.59 Å². The Morgan fingerprint density at radius 1 is 0.857 bits per heavy atom. The van der Waals surface area contributed by atoms with Gasteiger partial charge in [0.2, 0.25) is 23.1 Å². The Morgan fingerprint density at radius 3 is 2.04 bits per heavy atom. The molecule has 4 rings (SSSR count). The average Bonchev–Trinajstić information content (AvgIpc) is 3.38. The second-order valence-electron chi connectivity index (χ2n) is 14.2. The molecule has 2 aliphatic rings. The third-order valence-corrected chi connectivity index (χ3v) is 10.2. The number of rotatable bonds is 21. The molecule has 304 valence electrons. The summed E-state index contributed by atoms with van der Waals surface area (Å²) < 4.78 is 27.3. The lowest BCUT2D eigenvalue weighted by Crippen LogP contribution is -2.78. The van der Waals surface area contributed by atoms with Gasteiger partial charge in [0.1, 0.15) is 12.2 Å². The van der Waals surface area contributed by atoms with Crippen LogP contribution in [0.2, 0.25) is 0 Å². The predicted molar refractivity (Wildman–Crippen MR) is 201 cm³/mol. The smallest absolute Gasteiger partial charge is 0.344 e. The van der Waals surface area contributed by atoms with E-state index in [9.17, 15) is 44.4 Å². The highest BCUT2D eigenvalue weighted by molar-refractivity contribution is 5.98. The van der Waals surface area contributed by atoms with E-state index >= 15 is 0 Å². The molecule has 2 aromatic rings. The van der Waals surface area contributed by atoms with Gasteiger partial charge in [0, 0.05) is 19.8 Å². The van der Waals surface area contributed by atoms with E-state index in [1.165, 1.54) is 6.92 Å². The summed E-state index contributed by atoms with van der Waals surface area (Å²) >= 11 is 0. The maximum atomic E-state index is 13.2.